The van der Waals surface area contributed by atoms with Crippen LogP contribution >= 0.6 is 15.9 Å². The van der Waals surface area contributed by atoms with Gasteiger partial charge in [0.2, 0.25) is 0 Å². The molecule has 0 amide bonds. The standard InChI is InChI=1S/C42H31NOSi.C30H25NSi.C12H7BrO/c1-4-17-32(18-5-1)45(33-19-6-2-7-20-33,34-21-8-3-9-22-34)35-23-14-16-31(30-35)36-24-10-12-27-39(36)43-40-28-15-26-38-37-25-11-13-29-41(37)44-42(38)40;31-30-22-11-10-21-29(30)24-13-12-20-28(23-24)32(25-14-4-1-5-15-25,26-16-6-2-7-17-26)27-18-8-3-9-19-27;13-10-6-3-5-9-8-4-1-2-7-11(8)14-12(9)10/h1-30,43H;1-23H,31H2;1-7H. The van der Waals surface area contributed by atoms with Crippen LogP contribution < -0.4 is 52.5 Å². The maximum atomic E-state index is 6.36. The van der Waals surface area contributed by atoms with Crippen LogP contribution in [0.4, 0.5) is 17.1 Å². The van der Waals surface area contributed by atoms with Gasteiger partial charge in [0.15, 0.2) is 21.7 Å². The third kappa shape index (κ3) is 11.2. The number of benzene rings is 14. The number of fused-ring (bicyclic) bond motifs is 6. The van der Waals surface area contributed by atoms with E-state index in [9.17, 15) is 0 Å². The van der Waals surface area contributed by atoms with E-state index in [4.69, 9.17) is 14.6 Å². The number of anilines is 3. The van der Waals surface area contributed by atoms with Crippen molar-refractivity contribution in [3.05, 3.63) is 368 Å². The first-order valence-electron chi connectivity index (χ1n) is 30.7. The highest BCUT2D eigenvalue weighted by molar-refractivity contribution is 9.10. The minimum absolute atomic E-state index is 0.802. The number of nitrogen functional groups attached to an aromatic ring is 1. The molecule has 2 heterocycles. The van der Waals surface area contributed by atoms with Crippen LogP contribution in [0.5, 0.6) is 0 Å². The zero-order valence-corrected chi connectivity index (χ0v) is 53.5. The summed E-state index contributed by atoms with van der Waals surface area (Å²) < 4.78 is 13.1. The van der Waals surface area contributed by atoms with Gasteiger partial charge in [0.05, 0.1) is 10.2 Å². The maximum absolute atomic E-state index is 6.36. The zero-order valence-electron chi connectivity index (χ0n) is 49.9. The van der Waals surface area contributed by atoms with Gasteiger partial charge in [0.1, 0.15) is 16.7 Å². The first-order chi connectivity index (χ1) is 45.0. The third-order valence-corrected chi connectivity index (χ3v) is 27.5. The number of para-hydroxylation sites is 6. The molecule has 16 aromatic rings. The van der Waals surface area contributed by atoms with Crippen LogP contribution in [0.25, 0.3) is 66.1 Å². The fourth-order valence-corrected chi connectivity index (χ4v) is 23.3. The molecule has 0 bridgehead atoms. The van der Waals surface area contributed by atoms with Gasteiger partial charge in [-0.1, -0.05) is 328 Å². The summed E-state index contributed by atoms with van der Waals surface area (Å²) in [4.78, 5) is 0. The summed E-state index contributed by atoms with van der Waals surface area (Å²) in [7, 11) is -5.17. The van der Waals surface area contributed by atoms with Crippen LogP contribution in [0.1, 0.15) is 0 Å². The highest BCUT2D eigenvalue weighted by Crippen LogP contribution is 2.38. The maximum Gasteiger partial charge on any atom is 0.179 e. The summed E-state index contributed by atoms with van der Waals surface area (Å²) in [5, 5.41) is 19.2. The average Bonchev–Trinajstić information content (AvgIpc) is 1.87. The molecule has 7 heteroatoms. The van der Waals surface area contributed by atoms with E-state index in [2.05, 4.69) is 331 Å². The monoisotopic (exact) mass is 1270 g/mol. The van der Waals surface area contributed by atoms with Crippen LogP contribution in [0.3, 0.4) is 0 Å². The van der Waals surface area contributed by atoms with Crippen LogP contribution in [0.15, 0.2) is 377 Å². The Kier molecular flexibility index (Phi) is 16.6. The molecule has 0 aliphatic carbocycles. The second-order valence-electron chi connectivity index (χ2n) is 22.6. The van der Waals surface area contributed by atoms with E-state index >= 15 is 0 Å². The third-order valence-electron chi connectivity index (χ3n) is 17.4. The van der Waals surface area contributed by atoms with Crippen LogP contribution in [0, 0.1) is 0 Å². The lowest BCUT2D eigenvalue weighted by Gasteiger charge is -2.34. The quantitative estimate of drug-likeness (QED) is 0.0727. The summed E-state index contributed by atoms with van der Waals surface area (Å²) in [6.45, 7) is 0. The Bertz CT molecular complexity index is 4930. The lowest BCUT2D eigenvalue weighted by atomic mass is 10.0. The topological polar surface area (TPSA) is 64.3 Å². The van der Waals surface area contributed by atoms with Gasteiger partial charge >= 0.3 is 0 Å². The first kappa shape index (κ1) is 57.9. The fraction of sp³-hybridized carbons (Fsp3) is 0. The summed E-state index contributed by atoms with van der Waals surface area (Å²) >= 11 is 3.48. The van der Waals surface area contributed by atoms with E-state index in [1.54, 1.807) is 0 Å². The molecule has 14 aromatic carbocycles. The second kappa shape index (κ2) is 26.1. The lowest BCUT2D eigenvalue weighted by molar-refractivity contribution is 0.667. The van der Waals surface area contributed by atoms with Gasteiger partial charge in [0.25, 0.3) is 0 Å². The number of furan rings is 2. The molecular weight excluding hydrogens is 1210 g/mol. The van der Waals surface area contributed by atoms with E-state index in [1.165, 1.54) is 52.4 Å². The van der Waals surface area contributed by atoms with Crippen molar-refractivity contribution in [2.24, 2.45) is 0 Å². The molecule has 0 saturated carbocycles. The highest BCUT2D eigenvalue weighted by Gasteiger charge is 2.43. The van der Waals surface area contributed by atoms with E-state index < -0.39 is 16.1 Å². The Morgan fingerprint density at radius 1 is 0.264 bits per heavy atom. The van der Waals surface area contributed by atoms with E-state index in [1.807, 2.05) is 54.6 Å². The normalized spacial score (nSPS) is 11.4. The Morgan fingerprint density at radius 2 is 0.582 bits per heavy atom. The first-order valence-corrected chi connectivity index (χ1v) is 35.5. The van der Waals surface area contributed by atoms with Crippen molar-refractivity contribution in [3.63, 3.8) is 0 Å². The fourth-order valence-electron chi connectivity index (χ4n) is 13.3. The number of nitrogens with one attached hydrogen (secondary N) is 1. The molecule has 16 rings (SSSR count). The smallest absolute Gasteiger partial charge is 0.179 e. The predicted octanol–water partition coefficient (Wildman–Crippen LogP) is 17.0. The van der Waals surface area contributed by atoms with Gasteiger partial charge in [-0.15, -0.1) is 0 Å². The molecule has 0 unspecified atom stereocenters. The van der Waals surface area contributed by atoms with Gasteiger partial charge < -0.3 is 19.9 Å². The molecule has 91 heavy (non-hydrogen) atoms. The highest BCUT2D eigenvalue weighted by atomic mass is 79.9. The Balaban J connectivity index is 0.000000135. The van der Waals surface area contributed by atoms with Crippen molar-refractivity contribution in [1.29, 1.82) is 0 Å². The van der Waals surface area contributed by atoms with Crippen LogP contribution in [0.2, 0.25) is 0 Å². The van der Waals surface area contributed by atoms with Crippen molar-refractivity contribution in [2.45, 2.75) is 0 Å². The van der Waals surface area contributed by atoms with Crippen molar-refractivity contribution in [1.82, 2.24) is 0 Å². The molecule has 0 atom stereocenters. The molecule has 0 aliphatic rings. The van der Waals surface area contributed by atoms with Gasteiger partial charge in [-0.2, -0.15) is 0 Å². The van der Waals surface area contributed by atoms with Crippen molar-refractivity contribution >= 4 is 135 Å². The summed E-state index contributed by atoms with van der Waals surface area (Å²) in [6.07, 6.45) is 0. The molecule has 3 N–H and O–H groups in total. The minimum atomic E-state index is -2.65. The van der Waals surface area contributed by atoms with E-state index in [0.29, 0.717) is 0 Å². The summed E-state index contributed by atoms with van der Waals surface area (Å²) in [5.41, 5.74) is 17.3. The lowest BCUT2D eigenvalue weighted by Crippen LogP contribution is -2.74. The zero-order chi connectivity index (χ0) is 61.4. The van der Waals surface area contributed by atoms with Gasteiger partial charge in [0, 0.05) is 44.0 Å². The predicted molar refractivity (Wildman–Crippen MR) is 394 cm³/mol. The number of rotatable bonds is 12. The molecule has 4 nitrogen and oxygen atoms in total. The van der Waals surface area contributed by atoms with Crippen LogP contribution in [-0.2, 0) is 0 Å². The second-order valence-corrected chi connectivity index (χ2v) is 31.1. The van der Waals surface area contributed by atoms with Gasteiger partial charge in [-0.3, -0.25) is 0 Å². The molecule has 0 saturated heterocycles. The number of nitrogens with two attached hydrogens (primary N) is 1. The van der Waals surface area contributed by atoms with Gasteiger partial charge in [-0.05, 0) is 105 Å². The minimum Gasteiger partial charge on any atom is -0.455 e. The molecule has 0 radical (unpaired) electrons. The van der Waals surface area contributed by atoms with Crippen molar-refractivity contribution < 1.29 is 8.83 Å². The molecular formula is C84H63BrN2O2Si2. The summed E-state index contributed by atoms with van der Waals surface area (Å²) in [6, 6.07) is 130. The Morgan fingerprint density at radius 3 is 1.04 bits per heavy atom. The largest absolute Gasteiger partial charge is 0.455 e. The molecule has 0 fully saturated rings. The summed E-state index contributed by atoms with van der Waals surface area (Å²) in [5.74, 6) is 0. The molecule has 0 aliphatic heterocycles. The average molecular weight is 1270 g/mol. The van der Waals surface area contributed by atoms with Gasteiger partial charge in [-0.25, -0.2) is 0 Å². The van der Waals surface area contributed by atoms with Crippen molar-refractivity contribution in [3.8, 4) is 22.3 Å². The van der Waals surface area contributed by atoms with Crippen molar-refractivity contribution in [2.75, 3.05) is 11.1 Å². The molecule has 436 valence electrons. The Hall–Kier alpha value is -10.8. The molecule has 0 spiro atoms. The number of hydrogen-bond acceptors (Lipinski definition) is 4. The van der Waals surface area contributed by atoms with E-state index in [-0.39, 0.29) is 0 Å². The number of hydrogen-bond donors (Lipinski definition) is 2. The van der Waals surface area contributed by atoms with E-state index in [0.717, 1.165) is 76.7 Å². The number of halogens is 1. The Labute approximate surface area is 541 Å². The van der Waals surface area contributed by atoms with Crippen LogP contribution in [-0.4, -0.2) is 16.1 Å². The molecule has 2 aromatic heterocycles. The SMILES string of the molecule is Brc1cccc2c1oc1ccccc12.Nc1ccccc1-c1cccc([Si](c2ccccc2)(c2ccccc2)c2ccccc2)c1.c1ccc([Si](c2ccccc2)(c2ccccc2)c2cccc(-c3ccccc3Nc3cccc4c3oc3ccccc34)c2)cc1.